The van der Waals surface area contributed by atoms with E-state index in [0.29, 0.717) is 52.9 Å². The van der Waals surface area contributed by atoms with Crippen molar-refractivity contribution in [2.75, 3.05) is 37.5 Å². The molecule has 5 heterocycles. The number of nitrogens with one attached hydrogen (secondary N) is 2. The molecule has 12 heteroatoms. The van der Waals surface area contributed by atoms with Gasteiger partial charge in [0.1, 0.15) is 12.2 Å². The molecule has 3 aliphatic rings. The summed E-state index contributed by atoms with van der Waals surface area (Å²) in [5.74, 6) is 0.860. The maximum Gasteiger partial charge on any atom is 0.317 e. The lowest BCUT2D eigenvalue weighted by atomic mass is 9.75. The number of nitrogens with zero attached hydrogens (tertiary/aromatic N) is 5. The standard InChI is InChI=1S/C26H30N8O4/c1-14(27)8-28-19-5-4-17(23(35)31-20-11-34-10-15(2)30-22(34)24(32-20)36-3)21-18(19)9-29-25(33-21)37-13-26-6-16(7-26)12-38-26/h4-5,9-11,14,16,28H,6-8,12-13,27H2,1-3H3,(H,31,35)/t14-,16?,26?/m1/s1. The number of hydrogen-bond acceptors (Lipinski definition) is 10. The van der Waals surface area contributed by atoms with Crippen LogP contribution >= 0.6 is 0 Å². The van der Waals surface area contributed by atoms with Crippen LogP contribution in [0, 0.1) is 12.8 Å². The fraction of sp³-hybridized carbons (Fsp3) is 0.423. The Hall–Kier alpha value is -4.03. The molecule has 2 aliphatic heterocycles. The van der Waals surface area contributed by atoms with E-state index in [9.17, 15) is 4.79 Å². The lowest BCUT2D eigenvalue weighted by Gasteiger charge is -2.34. The van der Waals surface area contributed by atoms with Crippen molar-refractivity contribution in [3.05, 3.63) is 42.0 Å². The number of nitrogens with two attached hydrogens (primary N) is 1. The normalized spacial score (nSPS) is 20.8. The van der Waals surface area contributed by atoms with Crippen molar-refractivity contribution in [1.29, 1.82) is 0 Å². The van der Waals surface area contributed by atoms with Crippen molar-refractivity contribution in [3.63, 3.8) is 0 Å². The third-order valence-corrected chi connectivity index (χ3v) is 6.96. The van der Waals surface area contributed by atoms with Gasteiger partial charge in [-0.3, -0.25) is 9.20 Å². The van der Waals surface area contributed by atoms with Crippen LogP contribution in [0.3, 0.4) is 0 Å². The summed E-state index contributed by atoms with van der Waals surface area (Å²) in [5, 5.41) is 6.85. The number of ether oxygens (including phenoxy) is 3. The lowest BCUT2D eigenvalue weighted by Crippen LogP contribution is -2.42. The Labute approximate surface area is 218 Å². The van der Waals surface area contributed by atoms with Crippen molar-refractivity contribution in [3.8, 4) is 11.9 Å². The Morgan fingerprint density at radius 2 is 2.13 bits per heavy atom. The molecule has 1 saturated carbocycles. The van der Waals surface area contributed by atoms with E-state index >= 15 is 0 Å². The Bertz CT molecular complexity index is 1520. The minimum absolute atomic E-state index is 0.0590. The van der Waals surface area contributed by atoms with Gasteiger partial charge in [-0.2, -0.15) is 9.97 Å². The minimum atomic E-state index is -0.385. The first-order valence-electron chi connectivity index (χ1n) is 12.6. The molecule has 3 fully saturated rings. The summed E-state index contributed by atoms with van der Waals surface area (Å²) in [4.78, 5) is 31.4. The molecular formula is C26H30N8O4. The number of carbonyl (C=O) groups excluding carboxylic acids is 1. The zero-order valence-electron chi connectivity index (χ0n) is 21.5. The number of carbonyl (C=O) groups is 1. The van der Waals surface area contributed by atoms with Crippen molar-refractivity contribution in [2.45, 2.75) is 38.3 Å². The molecule has 1 aromatic carbocycles. The highest BCUT2D eigenvalue weighted by Gasteiger charge is 2.52. The Kier molecular flexibility index (Phi) is 6.00. The first kappa shape index (κ1) is 24.3. The second-order valence-corrected chi connectivity index (χ2v) is 10.2. The summed E-state index contributed by atoms with van der Waals surface area (Å²) in [7, 11) is 1.51. The third-order valence-electron chi connectivity index (χ3n) is 6.96. The fourth-order valence-electron chi connectivity index (χ4n) is 5.13. The maximum atomic E-state index is 13.5. The van der Waals surface area contributed by atoms with Gasteiger partial charge in [0.25, 0.3) is 11.8 Å². The van der Waals surface area contributed by atoms with E-state index in [0.717, 1.165) is 30.8 Å². The summed E-state index contributed by atoms with van der Waals surface area (Å²) in [6.45, 7) is 5.50. The number of rotatable bonds is 9. The molecule has 0 spiro atoms. The summed E-state index contributed by atoms with van der Waals surface area (Å²) in [6, 6.07) is 3.67. The van der Waals surface area contributed by atoms with Gasteiger partial charge in [0.15, 0.2) is 5.82 Å². The Morgan fingerprint density at radius 1 is 1.29 bits per heavy atom. The van der Waals surface area contributed by atoms with Gasteiger partial charge in [-0.15, -0.1) is 0 Å². The molecule has 0 radical (unpaired) electrons. The molecule has 1 amide bonds. The first-order valence-corrected chi connectivity index (χ1v) is 12.6. The van der Waals surface area contributed by atoms with E-state index in [4.69, 9.17) is 19.9 Å². The third kappa shape index (κ3) is 4.45. The van der Waals surface area contributed by atoms with E-state index in [1.807, 2.05) is 26.1 Å². The highest BCUT2D eigenvalue weighted by atomic mass is 16.6. The summed E-state index contributed by atoms with van der Waals surface area (Å²) in [6.07, 6.45) is 7.18. The topological polar surface area (TPSA) is 151 Å². The fourth-order valence-corrected chi connectivity index (χ4v) is 5.13. The van der Waals surface area contributed by atoms with Crippen LogP contribution < -0.4 is 25.8 Å². The number of anilines is 2. The molecule has 2 saturated heterocycles. The molecule has 4 N–H and O–H groups in total. The molecule has 1 aliphatic carbocycles. The first-order chi connectivity index (χ1) is 18.3. The average molecular weight is 519 g/mol. The molecule has 0 unspecified atom stereocenters. The number of aryl methyl sites for hydroxylation is 1. The molecule has 198 valence electrons. The molecule has 12 nitrogen and oxygen atoms in total. The molecule has 38 heavy (non-hydrogen) atoms. The number of methoxy groups -OCH3 is 1. The van der Waals surface area contributed by atoms with Gasteiger partial charge >= 0.3 is 6.01 Å². The second-order valence-electron chi connectivity index (χ2n) is 10.2. The molecule has 7 rings (SSSR count). The Balaban J connectivity index is 1.32. The number of imidazole rings is 1. The van der Waals surface area contributed by atoms with Crippen molar-refractivity contribution in [2.24, 2.45) is 11.7 Å². The smallest absolute Gasteiger partial charge is 0.317 e. The van der Waals surface area contributed by atoms with Crippen molar-refractivity contribution in [1.82, 2.24) is 24.3 Å². The predicted molar refractivity (Wildman–Crippen MR) is 141 cm³/mol. The van der Waals surface area contributed by atoms with Gasteiger partial charge in [0.05, 0.1) is 36.7 Å². The van der Waals surface area contributed by atoms with Crippen LogP contribution in [-0.2, 0) is 4.74 Å². The van der Waals surface area contributed by atoms with Gasteiger partial charge in [0.2, 0.25) is 5.65 Å². The molecule has 2 bridgehead atoms. The van der Waals surface area contributed by atoms with Gasteiger partial charge in [-0.25, -0.2) is 9.97 Å². The lowest BCUT2D eigenvalue weighted by molar-refractivity contribution is -0.0379. The van der Waals surface area contributed by atoms with Crippen LogP contribution in [0.5, 0.6) is 11.9 Å². The van der Waals surface area contributed by atoms with Crippen LogP contribution in [0.15, 0.2) is 30.7 Å². The number of hydrogen-bond donors (Lipinski definition) is 3. The van der Waals surface area contributed by atoms with Crippen LogP contribution in [0.2, 0.25) is 0 Å². The predicted octanol–water partition coefficient (Wildman–Crippen LogP) is 2.56. The van der Waals surface area contributed by atoms with E-state index in [1.54, 1.807) is 22.9 Å². The van der Waals surface area contributed by atoms with E-state index < -0.39 is 0 Å². The van der Waals surface area contributed by atoms with E-state index in [1.165, 1.54) is 7.11 Å². The van der Waals surface area contributed by atoms with Gasteiger partial charge < -0.3 is 30.6 Å². The van der Waals surface area contributed by atoms with E-state index in [2.05, 4.69) is 30.6 Å². The van der Waals surface area contributed by atoms with Crippen molar-refractivity contribution < 1.29 is 19.0 Å². The Morgan fingerprint density at radius 3 is 2.87 bits per heavy atom. The van der Waals surface area contributed by atoms with Gasteiger partial charge in [-0.1, -0.05) is 0 Å². The summed E-state index contributed by atoms with van der Waals surface area (Å²) < 4.78 is 19.0. The molecular weight excluding hydrogens is 488 g/mol. The highest BCUT2D eigenvalue weighted by Crippen LogP contribution is 2.48. The second kappa shape index (κ2) is 9.37. The zero-order valence-corrected chi connectivity index (χ0v) is 21.5. The van der Waals surface area contributed by atoms with E-state index in [-0.39, 0.29) is 23.6 Å². The largest absolute Gasteiger partial charge is 0.478 e. The highest BCUT2D eigenvalue weighted by molar-refractivity contribution is 6.13. The zero-order chi connectivity index (χ0) is 26.4. The maximum absolute atomic E-state index is 13.5. The van der Waals surface area contributed by atoms with Crippen LogP contribution in [0.25, 0.3) is 16.6 Å². The molecule has 1 atom stereocenters. The quantitative estimate of drug-likeness (QED) is 0.301. The number of benzene rings is 1. The number of amides is 1. The minimum Gasteiger partial charge on any atom is -0.478 e. The van der Waals surface area contributed by atoms with Gasteiger partial charge in [0, 0.05) is 36.1 Å². The summed E-state index contributed by atoms with van der Waals surface area (Å²) >= 11 is 0. The number of fused-ring (bicyclic) bond motifs is 3. The van der Waals surface area contributed by atoms with Crippen LogP contribution in [0.4, 0.5) is 11.5 Å². The molecule has 4 aromatic rings. The van der Waals surface area contributed by atoms with Gasteiger partial charge in [-0.05, 0) is 44.7 Å². The SMILES string of the molecule is COc1nc(NC(=O)c2ccc(NC[C@@H](C)N)c3cnc(OCC45CC(CO4)C5)nc23)cn2cc(C)nc12. The van der Waals surface area contributed by atoms with Crippen LogP contribution in [0.1, 0.15) is 35.8 Å². The molecule has 3 aromatic heterocycles. The number of aromatic nitrogens is 5. The average Bonchev–Trinajstić information content (AvgIpc) is 3.59. The summed E-state index contributed by atoms with van der Waals surface area (Å²) in [5.41, 5.74) is 8.64. The van der Waals surface area contributed by atoms with Crippen LogP contribution in [-0.4, -0.2) is 68.8 Å². The monoisotopic (exact) mass is 518 g/mol. The van der Waals surface area contributed by atoms with Crippen molar-refractivity contribution >= 4 is 34.0 Å².